The summed E-state index contributed by atoms with van der Waals surface area (Å²) in [7, 11) is 0. The van der Waals surface area contributed by atoms with E-state index in [1.165, 1.54) is 18.4 Å². The molecular formula is C20H30ClNO2. The standard InChI is InChI=1S/C20H30ClNO2/c1-2-3-4-18(20(23)24)11-14-22-12-9-17(10-13-22)15-16-5-7-19(21)8-6-16/h5-8,17-18H,2-4,9-15H2,1H3,(H,23,24). The number of piperidine rings is 1. The fraction of sp³-hybridized carbons (Fsp3) is 0.650. The molecule has 3 nitrogen and oxygen atoms in total. The molecule has 1 fully saturated rings. The van der Waals surface area contributed by atoms with E-state index in [1.54, 1.807) is 0 Å². The lowest BCUT2D eigenvalue weighted by atomic mass is 9.90. The van der Waals surface area contributed by atoms with Crippen molar-refractivity contribution in [2.24, 2.45) is 11.8 Å². The molecule has 0 radical (unpaired) electrons. The molecule has 0 aliphatic carbocycles. The van der Waals surface area contributed by atoms with Gasteiger partial charge in [-0.3, -0.25) is 4.79 Å². The van der Waals surface area contributed by atoms with Crippen LogP contribution in [0.4, 0.5) is 0 Å². The van der Waals surface area contributed by atoms with Crippen molar-refractivity contribution >= 4 is 17.6 Å². The van der Waals surface area contributed by atoms with E-state index in [-0.39, 0.29) is 5.92 Å². The van der Waals surface area contributed by atoms with Crippen LogP contribution in [0.3, 0.4) is 0 Å². The fourth-order valence-electron chi connectivity index (χ4n) is 3.55. The van der Waals surface area contributed by atoms with Crippen LogP contribution in [-0.2, 0) is 11.2 Å². The highest BCUT2D eigenvalue weighted by Crippen LogP contribution is 2.23. The third kappa shape index (κ3) is 6.45. The Morgan fingerprint density at radius 2 is 1.92 bits per heavy atom. The Morgan fingerprint density at radius 3 is 2.50 bits per heavy atom. The highest BCUT2D eigenvalue weighted by molar-refractivity contribution is 6.30. The Hall–Kier alpha value is -1.06. The molecule has 1 aliphatic rings. The number of benzene rings is 1. The predicted molar refractivity (Wildman–Crippen MR) is 99.6 cm³/mol. The molecule has 0 bridgehead atoms. The minimum Gasteiger partial charge on any atom is -0.481 e. The summed E-state index contributed by atoms with van der Waals surface area (Å²) in [4.78, 5) is 13.8. The number of unbranched alkanes of at least 4 members (excludes halogenated alkanes) is 1. The highest BCUT2D eigenvalue weighted by atomic mass is 35.5. The first kappa shape index (κ1) is 19.3. The third-order valence-corrected chi connectivity index (χ3v) is 5.45. The quantitative estimate of drug-likeness (QED) is 0.689. The number of halogens is 1. The van der Waals surface area contributed by atoms with Crippen molar-refractivity contribution < 1.29 is 9.90 Å². The van der Waals surface area contributed by atoms with E-state index in [2.05, 4.69) is 24.0 Å². The van der Waals surface area contributed by atoms with Crippen LogP contribution >= 0.6 is 11.6 Å². The first-order chi connectivity index (χ1) is 11.6. The second-order valence-corrected chi connectivity index (χ2v) is 7.52. The maximum absolute atomic E-state index is 11.3. The molecule has 1 aromatic rings. The molecule has 1 aliphatic heterocycles. The number of rotatable bonds is 9. The summed E-state index contributed by atoms with van der Waals surface area (Å²) in [5.74, 6) is -0.0596. The van der Waals surface area contributed by atoms with Gasteiger partial charge in [-0.1, -0.05) is 43.5 Å². The maximum Gasteiger partial charge on any atom is 0.306 e. The molecule has 2 rings (SSSR count). The zero-order chi connectivity index (χ0) is 17.4. The Bertz CT molecular complexity index is 495. The van der Waals surface area contributed by atoms with Gasteiger partial charge < -0.3 is 10.0 Å². The Balaban J connectivity index is 1.70. The zero-order valence-electron chi connectivity index (χ0n) is 14.7. The van der Waals surface area contributed by atoms with Crippen LogP contribution in [0.5, 0.6) is 0 Å². The fourth-order valence-corrected chi connectivity index (χ4v) is 3.67. The van der Waals surface area contributed by atoms with Gasteiger partial charge in [0.1, 0.15) is 0 Å². The summed E-state index contributed by atoms with van der Waals surface area (Å²) in [6.07, 6.45) is 7.22. The first-order valence-corrected chi connectivity index (χ1v) is 9.66. The van der Waals surface area contributed by atoms with Crippen LogP contribution in [-0.4, -0.2) is 35.6 Å². The molecule has 1 heterocycles. The average molecular weight is 352 g/mol. The summed E-state index contributed by atoms with van der Waals surface area (Å²) < 4.78 is 0. The van der Waals surface area contributed by atoms with Crippen molar-refractivity contribution in [3.8, 4) is 0 Å². The molecule has 0 spiro atoms. The summed E-state index contributed by atoms with van der Waals surface area (Å²) in [6.45, 7) is 5.23. The lowest BCUT2D eigenvalue weighted by Crippen LogP contribution is -2.36. The largest absolute Gasteiger partial charge is 0.481 e. The Kier molecular flexibility index (Phi) is 8.07. The summed E-state index contributed by atoms with van der Waals surface area (Å²) in [5.41, 5.74) is 1.36. The molecule has 4 heteroatoms. The van der Waals surface area contributed by atoms with Gasteiger partial charge in [-0.2, -0.15) is 0 Å². The molecule has 1 N–H and O–H groups in total. The van der Waals surface area contributed by atoms with Gasteiger partial charge >= 0.3 is 5.97 Å². The molecule has 0 saturated carbocycles. The monoisotopic (exact) mass is 351 g/mol. The van der Waals surface area contributed by atoms with Gasteiger partial charge in [0, 0.05) is 5.02 Å². The van der Waals surface area contributed by atoms with Gasteiger partial charge in [0.05, 0.1) is 5.92 Å². The van der Waals surface area contributed by atoms with E-state index in [0.717, 1.165) is 62.7 Å². The SMILES string of the molecule is CCCCC(CCN1CCC(Cc2ccc(Cl)cc2)CC1)C(=O)O. The lowest BCUT2D eigenvalue weighted by Gasteiger charge is -2.32. The van der Waals surface area contributed by atoms with E-state index in [4.69, 9.17) is 11.6 Å². The highest BCUT2D eigenvalue weighted by Gasteiger charge is 2.22. The molecule has 1 saturated heterocycles. The van der Waals surface area contributed by atoms with Gasteiger partial charge in [-0.15, -0.1) is 0 Å². The maximum atomic E-state index is 11.3. The van der Waals surface area contributed by atoms with Crippen molar-refractivity contribution in [2.45, 2.75) is 51.9 Å². The van der Waals surface area contributed by atoms with Crippen molar-refractivity contribution in [1.29, 1.82) is 0 Å². The van der Waals surface area contributed by atoms with Crippen LogP contribution in [0.25, 0.3) is 0 Å². The Morgan fingerprint density at radius 1 is 1.25 bits per heavy atom. The van der Waals surface area contributed by atoms with Crippen LogP contribution in [0.1, 0.15) is 51.0 Å². The Labute approximate surface area is 151 Å². The van der Waals surface area contributed by atoms with Gasteiger partial charge in [-0.05, 0) is 75.4 Å². The minimum atomic E-state index is -0.624. The van der Waals surface area contributed by atoms with E-state index in [1.807, 2.05) is 12.1 Å². The number of carboxylic acid groups (broad SMARTS) is 1. The second kappa shape index (κ2) is 10.0. The van der Waals surface area contributed by atoms with Gasteiger partial charge in [0.15, 0.2) is 0 Å². The van der Waals surface area contributed by atoms with E-state index >= 15 is 0 Å². The van der Waals surface area contributed by atoms with Gasteiger partial charge in [-0.25, -0.2) is 0 Å². The third-order valence-electron chi connectivity index (χ3n) is 5.19. The molecular weight excluding hydrogens is 322 g/mol. The van der Waals surface area contributed by atoms with Gasteiger partial charge in [0.25, 0.3) is 0 Å². The first-order valence-electron chi connectivity index (χ1n) is 9.28. The molecule has 24 heavy (non-hydrogen) atoms. The predicted octanol–water partition coefficient (Wildman–Crippen LogP) is 4.88. The van der Waals surface area contributed by atoms with E-state index in [0.29, 0.717) is 0 Å². The summed E-state index contributed by atoms with van der Waals surface area (Å²) in [6, 6.07) is 8.18. The lowest BCUT2D eigenvalue weighted by molar-refractivity contribution is -0.142. The molecule has 0 amide bonds. The number of carboxylic acids is 1. The average Bonchev–Trinajstić information content (AvgIpc) is 2.58. The van der Waals surface area contributed by atoms with Crippen LogP contribution in [0, 0.1) is 11.8 Å². The zero-order valence-corrected chi connectivity index (χ0v) is 15.5. The van der Waals surface area contributed by atoms with E-state index in [9.17, 15) is 9.90 Å². The molecule has 1 aromatic carbocycles. The molecule has 0 aromatic heterocycles. The second-order valence-electron chi connectivity index (χ2n) is 7.08. The molecule has 1 unspecified atom stereocenters. The molecule has 134 valence electrons. The van der Waals surface area contributed by atoms with E-state index < -0.39 is 5.97 Å². The molecule has 1 atom stereocenters. The number of nitrogens with zero attached hydrogens (tertiary/aromatic N) is 1. The van der Waals surface area contributed by atoms with Gasteiger partial charge in [0.2, 0.25) is 0 Å². The number of hydrogen-bond donors (Lipinski definition) is 1. The smallest absolute Gasteiger partial charge is 0.306 e. The number of aliphatic carboxylic acids is 1. The minimum absolute atomic E-state index is 0.170. The topological polar surface area (TPSA) is 40.5 Å². The van der Waals surface area contributed by atoms with Crippen molar-refractivity contribution in [2.75, 3.05) is 19.6 Å². The van der Waals surface area contributed by atoms with Crippen molar-refractivity contribution in [3.05, 3.63) is 34.9 Å². The van der Waals surface area contributed by atoms with Crippen LogP contribution < -0.4 is 0 Å². The number of carbonyl (C=O) groups is 1. The van der Waals surface area contributed by atoms with Crippen molar-refractivity contribution in [3.63, 3.8) is 0 Å². The van der Waals surface area contributed by atoms with Crippen molar-refractivity contribution in [1.82, 2.24) is 4.90 Å². The number of hydrogen-bond acceptors (Lipinski definition) is 2. The van der Waals surface area contributed by atoms with Crippen LogP contribution in [0.15, 0.2) is 24.3 Å². The number of likely N-dealkylation sites (tertiary alicyclic amines) is 1. The van der Waals surface area contributed by atoms with Crippen LogP contribution in [0.2, 0.25) is 5.02 Å². The normalized spacial score (nSPS) is 17.8. The summed E-state index contributed by atoms with van der Waals surface area (Å²) >= 11 is 5.94. The summed E-state index contributed by atoms with van der Waals surface area (Å²) in [5, 5.41) is 10.1.